The van der Waals surface area contributed by atoms with Gasteiger partial charge in [-0.25, -0.2) is 9.97 Å². The van der Waals surface area contributed by atoms with Crippen molar-refractivity contribution in [3.8, 4) is 0 Å². The molecule has 3 heterocycles. The Bertz CT molecular complexity index is 677. The molecule has 1 aliphatic rings. The van der Waals surface area contributed by atoms with Crippen LogP contribution >= 0.6 is 0 Å². The van der Waals surface area contributed by atoms with Crippen LogP contribution in [0.5, 0.6) is 0 Å². The zero-order valence-corrected chi connectivity index (χ0v) is 14.1. The first-order chi connectivity index (χ1) is 11.6. The van der Waals surface area contributed by atoms with Crippen LogP contribution < -0.4 is 10.2 Å². The lowest BCUT2D eigenvalue weighted by Crippen LogP contribution is -2.44. The van der Waals surface area contributed by atoms with E-state index < -0.39 is 0 Å². The molecule has 3 rings (SSSR count). The predicted octanol–water partition coefficient (Wildman–Crippen LogP) is 0.862. The molecule has 0 unspecified atom stereocenters. The van der Waals surface area contributed by atoms with E-state index in [1.807, 2.05) is 25.3 Å². The highest BCUT2D eigenvalue weighted by Crippen LogP contribution is 2.13. The zero-order valence-electron chi connectivity index (χ0n) is 14.1. The number of pyridine rings is 1. The summed E-state index contributed by atoms with van der Waals surface area (Å²) in [6, 6.07) is 4.01. The molecule has 7 nitrogen and oxygen atoms in total. The lowest BCUT2D eigenvalue weighted by molar-refractivity contribution is 0.0945. The summed E-state index contributed by atoms with van der Waals surface area (Å²) in [5, 5.41) is 2.84. The van der Waals surface area contributed by atoms with Gasteiger partial charge in [-0.3, -0.25) is 9.78 Å². The molecule has 0 bridgehead atoms. The number of carbonyl (C=O) groups is 1. The van der Waals surface area contributed by atoms with Crippen molar-refractivity contribution in [2.75, 3.05) is 38.1 Å². The Hall–Kier alpha value is -2.54. The third kappa shape index (κ3) is 4.05. The lowest BCUT2D eigenvalue weighted by Gasteiger charge is -2.33. The molecular weight excluding hydrogens is 304 g/mol. The van der Waals surface area contributed by atoms with Crippen LogP contribution in [0.25, 0.3) is 0 Å². The molecular formula is C17H22N6O. The van der Waals surface area contributed by atoms with E-state index >= 15 is 0 Å². The number of piperazine rings is 1. The fourth-order valence-corrected chi connectivity index (χ4v) is 2.53. The summed E-state index contributed by atoms with van der Waals surface area (Å²) >= 11 is 0. The second kappa shape index (κ2) is 7.35. The van der Waals surface area contributed by atoms with E-state index in [2.05, 4.69) is 37.1 Å². The van der Waals surface area contributed by atoms with Crippen LogP contribution in [0.15, 0.2) is 30.7 Å². The summed E-state index contributed by atoms with van der Waals surface area (Å²) in [5.74, 6) is 0.758. The zero-order chi connectivity index (χ0) is 16.9. The number of rotatable bonds is 4. The first-order valence-corrected chi connectivity index (χ1v) is 8.07. The van der Waals surface area contributed by atoms with Gasteiger partial charge in [0.1, 0.15) is 11.5 Å². The maximum Gasteiger partial charge on any atom is 0.271 e. The Balaban J connectivity index is 1.54. The molecule has 0 atom stereocenters. The monoisotopic (exact) mass is 326 g/mol. The molecule has 0 spiro atoms. The highest BCUT2D eigenvalue weighted by molar-refractivity contribution is 5.91. The average molecular weight is 326 g/mol. The molecule has 0 radical (unpaired) electrons. The summed E-state index contributed by atoms with van der Waals surface area (Å²) in [5.41, 5.74) is 2.07. The average Bonchev–Trinajstić information content (AvgIpc) is 2.61. The minimum atomic E-state index is -0.231. The van der Waals surface area contributed by atoms with E-state index in [0.29, 0.717) is 12.2 Å². The van der Waals surface area contributed by atoms with Crippen molar-refractivity contribution in [1.82, 2.24) is 25.2 Å². The first kappa shape index (κ1) is 16.3. The van der Waals surface area contributed by atoms with E-state index in [0.717, 1.165) is 43.3 Å². The normalized spacial score (nSPS) is 15.3. The number of aromatic nitrogens is 3. The highest BCUT2D eigenvalue weighted by atomic mass is 16.1. The number of amides is 1. The van der Waals surface area contributed by atoms with Gasteiger partial charge in [-0.1, -0.05) is 6.07 Å². The number of nitrogens with one attached hydrogen (secondary N) is 1. The molecule has 1 fully saturated rings. The quantitative estimate of drug-likeness (QED) is 0.898. The smallest absolute Gasteiger partial charge is 0.271 e. The molecule has 7 heteroatoms. The van der Waals surface area contributed by atoms with Crippen LogP contribution in [-0.4, -0.2) is 59.0 Å². The van der Waals surface area contributed by atoms with Crippen LogP contribution in [0, 0.1) is 6.92 Å². The Morgan fingerprint density at radius 1 is 1.08 bits per heavy atom. The summed E-state index contributed by atoms with van der Waals surface area (Å²) in [6.45, 7) is 6.35. The molecule has 2 aromatic heterocycles. The Kier molecular flexibility index (Phi) is 5.00. The number of hydrogen-bond donors (Lipinski definition) is 1. The molecule has 1 N–H and O–H groups in total. The van der Waals surface area contributed by atoms with Crippen molar-refractivity contribution in [2.24, 2.45) is 0 Å². The molecule has 1 saturated heterocycles. The van der Waals surface area contributed by atoms with Gasteiger partial charge < -0.3 is 15.1 Å². The van der Waals surface area contributed by atoms with Crippen LogP contribution in [0.2, 0.25) is 0 Å². The second-order valence-electron chi connectivity index (χ2n) is 6.04. The number of aryl methyl sites for hydroxylation is 1. The van der Waals surface area contributed by atoms with E-state index in [-0.39, 0.29) is 5.91 Å². The largest absolute Gasteiger partial charge is 0.354 e. The fraction of sp³-hybridized carbons (Fsp3) is 0.412. The Morgan fingerprint density at radius 2 is 1.88 bits per heavy atom. The van der Waals surface area contributed by atoms with Gasteiger partial charge in [0.05, 0.1) is 11.9 Å². The maximum absolute atomic E-state index is 12.0. The van der Waals surface area contributed by atoms with Gasteiger partial charge in [0, 0.05) is 45.1 Å². The van der Waals surface area contributed by atoms with Crippen molar-refractivity contribution in [3.05, 3.63) is 47.7 Å². The molecule has 1 aliphatic heterocycles. The van der Waals surface area contributed by atoms with Gasteiger partial charge in [0.25, 0.3) is 5.91 Å². The van der Waals surface area contributed by atoms with Gasteiger partial charge >= 0.3 is 0 Å². The SMILES string of the molecule is Cc1cnc(C(=O)NCc2ccc(N3CCN(C)CC3)nc2)cn1. The summed E-state index contributed by atoms with van der Waals surface area (Å²) < 4.78 is 0. The van der Waals surface area contributed by atoms with Gasteiger partial charge in [-0.05, 0) is 25.6 Å². The van der Waals surface area contributed by atoms with E-state index in [1.165, 1.54) is 6.20 Å². The van der Waals surface area contributed by atoms with E-state index in [1.54, 1.807) is 6.20 Å². The molecule has 126 valence electrons. The van der Waals surface area contributed by atoms with Gasteiger partial charge in [-0.2, -0.15) is 0 Å². The van der Waals surface area contributed by atoms with Crippen molar-refractivity contribution in [3.63, 3.8) is 0 Å². The molecule has 0 saturated carbocycles. The topological polar surface area (TPSA) is 74.2 Å². The third-order valence-corrected chi connectivity index (χ3v) is 4.10. The number of carbonyl (C=O) groups excluding carboxylic acids is 1. The van der Waals surface area contributed by atoms with Gasteiger partial charge in [-0.15, -0.1) is 0 Å². The summed E-state index contributed by atoms with van der Waals surface area (Å²) in [4.78, 5) is 29.3. The molecule has 1 amide bonds. The fourth-order valence-electron chi connectivity index (χ4n) is 2.53. The molecule has 0 aliphatic carbocycles. The molecule has 24 heavy (non-hydrogen) atoms. The summed E-state index contributed by atoms with van der Waals surface area (Å²) in [6.07, 6.45) is 4.88. The Morgan fingerprint density at radius 3 is 2.50 bits per heavy atom. The van der Waals surface area contributed by atoms with Crippen molar-refractivity contribution >= 4 is 11.7 Å². The van der Waals surface area contributed by atoms with E-state index in [9.17, 15) is 4.79 Å². The minimum absolute atomic E-state index is 0.231. The third-order valence-electron chi connectivity index (χ3n) is 4.10. The molecule has 0 aromatic carbocycles. The van der Waals surface area contributed by atoms with Crippen molar-refractivity contribution < 1.29 is 4.79 Å². The standard InChI is InChI=1S/C17H22N6O/c1-13-9-19-15(12-18-13)17(24)21-11-14-3-4-16(20-10-14)23-7-5-22(2)6-8-23/h3-4,9-10,12H,5-8,11H2,1-2H3,(H,21,24). The predicted molar refractivity (Wildman–Crippen MR) is 91.9 cm³/mol. The van der Waals surface area contributed by atoms with Crippen LogP contribution in [-0.2, 0) is 6.54 Å². The summed E-state index contributed by atoms with van der Waals surface area (Å²) in [7, 11) is 2.13. The van der Waals surface area contributed by atoms with E-state index in [4.69, 9.17) is 0 Å². The number of nitrogens with zero attached hydrogens (tertiary/aromatic N) is 5. The van der Waals surface area contributed by atoms with Crippen LogP contribution in [0.1, 0.15) is 21.7 Å². The van der Waals surface area contributed by atoms with Crippen LogP contribution in [0.4, 0.5) is 5.82 Å². The van der Waals surface area contributed by atoms with Gasteiger partial charge in [0.15, 0.2) is 0 Å². The number of likely N-dealkylation sites (N-methyl/N-ethyl adjacent to an activating group) is 1. The molecule has 2 aromatic rings. The number of hydrogen-bond acceptors (Lipinski definition) is 6. The Labute approximate surface area is 141 Å². The van der Waals surface area contributed by atoms with Crippen molar-refractivity contribution in [2.45, 2.75) is 13.5 Å². The van der Waals surface area contributed by atoms with Gasteiger partial charge in [0.2, 0.25) is 0 Å². The minimum Gasteiger partial charge on any atom is -0.354 e. The van der Waals surface area contributed by atoms with Crippen LogP contribution in [0.3, 0.4) is 0 Å². The highest BCUT2D eigenvalue weighted by Gasteiger charge is 2.15. The van der Waals surface area contributed by atoms with Crippen molar-refractivity contribution in [1.29, 1.82) is 0 Å². The first-order valence-electron chi connectivity index (χ1n) is 8.07. The second-order valence-corrected chi connectivity index (χ2v) is 6.04. The number of anilines is 1. The maximum atomic E-state index is 12.0. The lowest BCUT2D eigenvalue weighted by atomic mass is 10.2.